The van der Waals surface area contributed by atoms with Gasteiger partial charge in [-0.3, -0.25) is 0 Å². The number of para-hydroxylation sites is 1. The van der Waals surface area contributed by atoms with Crippen LogP contribution in [0.25, 0.3) is 0 Å². The molecule has 1 unspecified atom stereocenters. The first kappa shape index (κ1) is 25.0. The zero-order chi connectivity index (χ0) is 24.9. The number of anilines is 1. The fourth-order valence-electron chi connectivity index (χ4n) is 4.58. The highest BCUT2D eigenvalue weighted by atomic mass is 79.9. The van der Waals surface area contributed by atoms with Gasteiger partial charge in [-0.05, 0) is 55.0 Å². The summed E-state index contributed by atoms with van der Waals surface area (Å²) in [4.78, 5) is 41.5. The summed E-state index contributed by atoms with van der Waals surface area (Å²) in [6, 6.07) is 13.5. The number of hydrogen-bond acceptors (Lipinski definition) is 5. The van der Waals surface area contributed by atoms with Crippen molar-refractivity contribution in [2.24, 2.45) is 0 Å². The molecule has 0 aliphatic carbocycles. The van der Waals surface area contributed by atoms with Crippen molar-refractivity contribution in [2.75, 3.05) is 32.1 Å². The Morgan fingerprint density at radius 3 is 2.60 bits per heavy atom. The number of carbonyl (C=O) groups excluding carboxylic acids is 3. The number of rotatable bonds is 5. The molecule has 35 heavy (non-hydrogen) atoms. The molecule has 1 N–H and O–H groups in total. The van der Waals surface area contributed by atoms with Crippen molar-refractivity contribution < 1.29 is 23.9 Å². The molecular formula is C26H30BrN3O5. The summed E-state index contributed by atoms with van der Waals surface area (Å²) in [5.74, 6) is -0.592. The van der Waals surface area contributed by atoms with Gasteiger partial charge in [-0.1, -0.05) is 46.3 Å². The van der Waals surface area contributed by atoms with Gasteiger partial charge in [0.15, 0.2) is 0 Å². The number of urea groups is 1. The van der Waals surface area contributed by atoms with Crippen LogP contribution in [0, 0.1) is 6.92 Å². The molecule has 1 saturated heterocycles. The topological polar surface area (TPSA) is 88.2 Å². The Morgan fingerprint density at radius 2 is 1.89 bits per heavy atom. The van der Waals surface area contributed by atoms with E-state index in [1.807, 2.05) is 54.3 Å². The Morgan fingerprint density at radius 1 is 1.14 bits per heavy atom. The van der Waals surface area contributed by atoms with E-state index in [2.05, 4.69) is 21.2 Å². The maximum absolute atomic E-state index is 12.9. The third-order valence-electron chi connectivity index (χ3n) is 6.67. The summed E-state index contributed by atoms with van der Waals surface area (Å²) in [7, 11) is 1.28. The molecular weight excluding hydrogens is 514 g/mol. The summed E-state index contributed by atoms with van der Waals surface area (Å²) in [5, 5.41) is 3.01. The van der Waals surface area contributed by atoms with Crippen LogP contribution in [0.4, 0.5) is 15.3 Å². The lowest BCUT2D eigenvalue weighted by Crippen LogP contribution is -2.50. The molecule has 2 aliphatic heterocycles. The molecule has 3 amide bonds. The lowest BCUT2D eigenvalue weighted by Gasteiger charge is -2.37. The first-order chi connectivity index (χ1) is 16.9. The predicted octanol–water partition coefficient (Wildman–Crippen LogP) is 4.53. The van der Waals surface area contributed by atoms with Gasteiger partial charge in [-0.2, -0.15) is 0 Å². The number of methoxy groups -OCH3 is 1. The number of halogens is 1. The minimum atomic E-state index is -1.03. The highest BCUT2D eigenvalue weighted by molar-refractivity contribution is 9.10. The summed E-state index contributed by atoms with van der Waals surface area (Å²) in [5.41, 5.74) is 3.91. The quantitative estimate of drug-likeness (QED) is 0.559. The van der Waals surface area contributed by atoms with Crippen LogP contribution in [0.3, 0.4) is 0 Å². The van der Waals surface area contributed by atoms with Gasteiger partial charge in [0.2, 0.25) is 6.10 Å². The first-order valence-corrected chi connectivity index (χ1v) is 12.6. The molecule has 2 aromatic rings. The maximum Gasteiger partial charge on any atom is 0.410 e. The van der Waals surface area contributed by atoms with Crippen molar-refractivity contribution in [3.63, 3.8) is 0 Å². The Balaban J connectivity index is 1.34. The zero-order valence-corrected chi connectivity index (χ0v) is 21.5. The van der Waals surface area contributed by atoms with Crippen molar-refractivity contribution in [3.8, 4) is 0 Å². The van der Waals surface area contributed by atoms with Gasteiger partial charge in [-0.15, -0.1) is 0 Å². The lowest BCUT2D eigenvalue weighted by molar-refractivity contribution is -0.151. The molecule has 8 nitrogen and oxygen atoms in total. The van der Waals surface area contributed by atoms with E-state index in [-0.39, 0.29) is 18.5 Å². The molecule has 1 atom stereocenters. The van der Waals surface area contributed by atoms with Gasteiger partial charge in [-0.25, -0.2) is 14.4 Å². The van der Waals surface area contributed by atoms with Crippen LogP contribution in [0.2, 0.25) is 0 Å². The highest BCUT2D eigenvalue weighted by Gasteiger charge is 2.33. The van der Waals surface area contributed by atoms with Crippen molar-refractivity contribution >= 4 is 39.7 Å². The molecule has 1 fully saturated rings. The van der Waals surface area contributed by atoms with Gasteiger partial charge in [0.1, 0.15) is 0 Å². The standard InChI is InChI=1S/C26H30BrN3O5/c1-17-7-8-18(15-21(17)27)16-23(24(31)34-2)35-26(33)29-12-10-20(11-13-29)30-14-9-19-5-3-4-6-22(19)28-25(30)32/h3-8,15,20,23H,9-14,16H2,1-2H3,(H,28,32). The van der Waals surface area contributed by atoms with Crippen molar-refractivity contribution in [1.29, 1.82) is 0 Å². The normalized spacial score (nSPS) is 17.2. The van der Waals surface area contributed by atoms with E-state index in [1.54, 1.807) is 4.90 Å². The molecule has 2 aliphatic rings. The zero-order valence-electron chi connectivity index (χ0n) is 20.0. The number of ether oxygens (including phenoxy) is 2. The molecule has 2 heterocycles. The summed E-state index contributed by atoms with van der Waals surface area (Å²) < 4.78 is 11.4. The van der Waals surface area contributed by atoms with E-state index in [1.165, 1.54) is 7.11 Å². The van der Waals surface area contributed by atoms with Crippen molar-refractivity contribution in [3.05, 3.63) is 63.6 Å². The van der Waals surface area contributed by atoms with E-state index >= 15 is 0 Å². The van der Waals surface area contributed by atoms with Crippen LogP contribution in [0.15, 0.2) is 46.9 Å². The van der Waals surface area contributed by atoms with Gasteiger partial charge in [0.25, 0.3) is 0 Å². The summed E-state index contributed by atoms with van der Waals surface area (Å²) in [6.45, 7) is 3.51. The Labute approximate surface area is 213 Å². The second kappa shape index (κ2) is 11.1. The number of likely N-dealkylation sites (tertiary alicyclic amines) is 1. The Kier molecular flexibility index (Phi) is 7.95. The molecule has 9 heteroatoms. The van der Waals surface area contributed by atoms with Crippen molar-refractivity contribution in [2.45, 2.75) is 44.8 Å². The summed E-state index contributed by atoms with van der Waals surface area (Å²) in [6.07, 6.45) is 0.724. The Bertz CT molecular complexity index is 1100. The highest BCUT2D eigenvalue weighted by Crippen LogP contribution is 2.25. The number of carbonyl (C=O) groups is 3. The molecule has 186 valence electrons. The van der Waals surface area contributed by atoms with Crippen LogP contribution in [0.5, 0.6) is 0 Å². The Hall–Kier alpha value is -3.07. The van der Waals surface area contributed by atoms with E-state index in [0.717, 1.165) is 33.3 Å². The minimum Gasteiger partial charge on any atom is -0.466 e. The minimum absolute atomic E-state index is 0.0367. The number of nitrogens with one attached hydrogen (secondary N) is 1. The number of piperidine rings is 1. The van der Waals surface area contributed by atoms with Gasteiger partial charge in [0.05, 0.1) is 7.11 Å². The third kappa shape index (κ3) is 5.96. The van der Waals surface area contributed by atoms with E-state index in [9.17, 15) is 14.4 Å². The van der Waals surface area contributed by atoms with Crippen LogP contribution in [-0.4, -0.2) is 66.8 Å². The number of aryl methyl sites for hydroxylation is 1. The molecule has 0 spiro atoms. The number of fused-ring (bicyclic) bond motifs is 1. The monoisotopic (exact) mass is 543 g/mol. The molecule has 0 saturated carbocycles. The van der Waals surface area contributed by atoms with Crippen LogP contribution < -0.4 is 5.32 Å². The number of hydrogen-bond donors (Lipinski definition) is 1. The molecule has 0 aromatic heterocycles. The van der Waals surface area contributed by atoms with E-state index in [0.29, 0.717) is 32.5 Å². The van der Waals surface area contributed by atoms with Gasteiger partial charge in [0, 0.05) is 42.3 Å². The van der Waals surface area contributed by atoms with Gasteiger partial charge < -0.3 is 24.6 Å². The second-order valence-electron chi connectivity index (χ2n) is 8.93. The van der Waals surface area contributed by atoms with Crippen LogP contribution in [0.1, 0.15) is 29.5 Å². The maximum atomic E-state index is 12.9. The average molecular weight is 544 g/mol. The predicted molar refractivity (Wildman–Crippen MR) is 135 cm³/mol. The van der Waals surface area contributed by atoms with Crippen LogP contribution >= 0.6 is 15.9 Å². The molecule has 0 bridgehead atoms. The largest absolute Gasteiger partial charge is 0.466 e. The molecule has 4 rings (SSSR count). The SMILES string of the molecule is COC(=O)C(Cc1ccc(C)c(Br)c1)OC(=O)N1CCC(N2CCc3ccccc3NC2=O)CC1. The molecule has 0 radical (unpaired) electrons. The summed E-state index contributed by atoms with van der Waals surface area (Å²) >= 11 is 3.49. The van der Waals surface area contributed by atoms with Crippen molar-refractivity contribution in [1.82, 2.24) is 9.80 Å². The average Bonchev–Trinajstić information content (AvgIpc) is 3.03. The fraction of sp³-hybridized carbons (Fsp3) is 0.423. The van der Waals surface area contributed by atoms with Gasteiger partial charge >= 0.3 is 18.1 Å². The second-order valence-corrected chi connectivity index (χ2v) is 9.79. The number of amides is 3. The van der Waals surface area contributed by atoms with E-state index < -0.39 is 18.2 Å². The number of nitrogens with zero attached hydrogens (tertiary/aromatic N) is 2. The third-order valence-corrected chi connectivity index (χ3v) is 7.52. The lowest BCUT2D eigenvalue weighted by atomic mass is 10.0. The smallest absolute Gasteiger partial charge is 0.410 e. The number of esters is 1. The fourth-order valence-corrected chi connectivity index (χ4v) is 5.00. The van der Waals surface area contributed by atoms with Crippen LogP contribution in [-0.2, 0) is 27.1 Å². The first-order valence-electron chi connectivity index (χ1n) is 11.8. The number of benzene rings is 2. The van der Waals surface area contributed by atoms with E-state index in [4.69, 9.17) is 9.47 Å². The molecule has 2 aromatic carbocycles.